The van der Waals surface area contributed by atoms with Gasteiger partial charge >= 0.3 is 5.97 Å². The van der Waals surface area contributed by atoms with Crippen LogP contribution in [0.2, 0.25) is 0 Å². The molecule has 0 bridgehead atoms. The predicted molar refractivity (Wildman–Crippen MR) is 117 cm³/mol. The van der Waals surface area contributed by atoms with Crippen LogP contribution in [-0.2, 0) is 4.74 Å². The molecule has 5 nitrogen and oxygen atoms in total. The number of methoxy groups -OCH3 is 1. The maximum atomic E-state index is 12.3. The molecule has 0 radical (unpaired) electrons. The summed E-state index contributed by atoms with van der Waals surface area (Å²) in [6.07, 6.45) is 0.960. The van der Waals surface area contributed by atoms with E-state index >= 15 is 0 Å². The highest BCUT2D eigenvalue weighted by Crippen LogP contribution is 2.32. The zero-order valence-corrected chi connectivity index (χ0v) is 17.9. The van der Waals surface area contributed by atoms with Gasteiger partial charge in [-0.1, -0.05) is 25.1 Å². The van der Waals surface area contributed by atoms with Crippen LogP contribution in [0.25, 0.3) is 0 Å². The Morgan fingerprint density at radius 2 is 1.97 bits per heavy atom. The lowest BCUT2D eigenvalue weighted by Gasteiger charge is -2.40. The number of aryl methyl sites for hydroxylation is 2. The van der Waals surface area contributed by atoms with Crippen LogP contribution in [0.3, 0.4) is 0 Å². The summed E-state index contributed by atoms with van der Waals surface area (Å²) in [6, 6.07) is 12.4. The zero-order chi connectivity index (χ0) is 21.1. The molecule has 5 heteroatoms. The minimum absolute atomic E-state index is 0.293. The summed E-state index contributed by atoms with van der Waals surface area (Å²) in [6.45, 7) is 10.0. The monoisotopic (exact) mass is 391 g/mol. The molecule has 1 aliphatic heterocycles. The molecule has 0 saturated carbocycles. The van der Waals surface area contributed by atoms with Crippen LogP contribution in [0.1, 0.15) is 46.0 Å². The van der Waals surface area contributed by atoms with Crippen molar-refractivity contribution in [2.45, 2.75) is 40.2 Å². The Morgan fingerprint density at radius 1 is 1.24 bits per heavy atom. The van der Waals surface area contributed by atoms with Gasteiger partial charge in [-0.05, 0) is 61.9 Å². The number of nitrogens with one attached hydrogen (secondary N) is 1. The fourth-order valence-electron chi connectivity index (χ4n) is 4.43. The third-order valence-electron chi connectivity index (χ3n) is 5.96. The van der Waals surface area contributed by atoms with Crippen LogP contribution in [0.5, 0.6) is 0 Å². The van der Waals surface area contributed by atoms with Gasteiger partial charge in [-0.15, -0.1) is 0 Å². The molecule has 2 aromatic carbocycles. The molecule has 0 aliphatic carbocycles. The number of para-hydroxylation sites is 1. The van der Waals surface area contributed by atoms with Crippen LogP contribution < -0.4 is 10.2 Å². The summed E-state index contributed by atoms with van der Waals surface area (Å²) >= 11 is 0. The highest BCUT2D eigenvalue weighted by Gasteiger charge is 2.28. The molecular weight excluding hydrogens is 362 g/mol. The molecule has 3 rings (SSSR count). The Kier molecular flexibility index (Phi) is 6.12. The molecule has 0 spiro atoms. The molecule has 1 fully saturated rings. The largest absolute Gasteiger partial charge is 0.465 e. The molecule has 0 aromatic heterocycles. The van der Waals surface area contributed by atoms with Crippen molar-refractivity contribution in [1.82, 2.24) is 0 Å². The van der Waals surface area contributed by atoms with E-state index in [1.165, 1.54) is 7.11 Å². The second-order valence-electron chi connectivity index (χ2n) is 7.97. The minimum atomic E-state index is -0.293. The summed E-state index contributed by atoms with van der Waals surface area (Å²) < 4.78 is 4.99. The van der Waals surface area contributed by atoms with Crippen LogP contribution in [0.15, 0.2) is 30.3 Å². The van der Waals surface area contributed by atoms with Crippen molar-refractivity contribution in [2.75, 3.05) is 30.4 Å². The van der Waals surface area contributed by atoms with Gasteiger partial charge in [0.1, 0.15) is 6.07 Å². The number of benzene rings is 2. The van der Waals surface area contributed by atoms with Crippen molar-refractivity contribution in [3.05, 3.63) is 58.1 Å². The summed E-state index contributed by atoms with van der Waals surface area (Å²) in [5.41, 5.74) is 6.42. The molecule has 1 aliphatic rings. The van der Waals surface area contributed by atoms with Gasteiger partial charge in [0.15, 0.2) is 0 Å². The molecule has 29 heavy (non-hydrogen) atoms. The minimum Gasteiger partial charge on any atom is -0.465 e. The van der Waals surface area contributed by atoms with E-state index in [9.17, 15) is 10.1 Å². The summed E-state index contributed by atoms with van der Waals surface area (Å²) in [5, 5.41) is 13.1. The lowest BCUT2D eigenvalue weighted by molar-refractivity contribution is 0.0599. The summed E-state index contributed by atoms with van der Waals surface area (Å²) in [7, 11) is 1.42. The molecule has 1 N–H and O–H groups in total. The number of hydrogen-bond acceptors (Lipinski definition) is 5. The molecular formula is C24H29N3O2. The molecule has 1 saturated heterocycles. The van der Waals surface area contributed by atoms with Gasteiger partial charge in [-0.2, -0.15) is 5.26 Å². The van der Waals surface area contributed by atoms with E-state index in [2.05, 4.69) is 30.1 Å². The number of hydrogen-bond donors (Lipinski definition) is 1. The second-order valence-corrected chi connectivity index (χ2v) is 7.97. The number of nitrogens with zero attached hydrogens (tertiary/aromatic N) is 2. The fourth-order valence-corrected chi connectivity index (χ4v) is 4.43. The van der Waals surface area contributed by atoms with Gasteiger partial charge in [0, 0.05) is 24.8 Å². The third kappa shape index (κ3) is 4.07. The average Bonchev–Trinajstić information content (AvgIpc) is 2.71. The number of ether oxygens (including phenoxy) is 1. The maximum Gasteiger partial charge on any atom is 0.338 e. The lowest BCUT2D eigenvalue weighted by Crippen LogP contribution is -2.45. The average molecular weight is 392 g/mol. The van der Waals surface area contributed by atoms with Crippen molar-refractivity contribution >= 4 is 17.3 Å². The van der Waals surface area contributed by atoms with Crippen LogP contribution in [0, 0.1) is 38.0 Å². The normalized spacial score (nSPS) is 18.8. The van der Waals surface area contributed by atoms with Crippen molar-refractivity contribution in [2.24, 2.45) is 5.92 Å². The van der Waals surface area contributed by atoms with Crippen molar-refractivity contribution in [3.8, 4) is 6.07 Å². The number of carbonyl (C=O) groups excluding carboxylic acids is 1. The van der Waals surface area contributed by atoms with Crippen LogP contribution >= 0.6 is 0 Å². The van der Waals surface area contributed by atoms with Gasteiger partial charge in [0.05, 0.1) is 23.9 Å². The Balaban J connectivity index is 1.81. The predicted octanol–water partition coefficient (Wildman–Crippen LogP) is 4.60. The number of anilines is 2. The van der Waals surface area contributed by atoms with Gasteiger partial charge in [0.2, 0.25) is 0 Å². The van der Waals surface area contributed by atoms with Crippen molar-refractivity contribution in [1.29, 1.82) is 5.26 Å². The van der Waals surface area contributed by atoms with E-state index in [0.29, 0.717) is 17.5 Å². The highest BCUT2D eigenvalue weighted by atomic mass is 16.5. The highest BCUT2D eigenvalue weighted by molar-refractivity contribution is 5.94. The molecule has 2 aromatic rings. The smallest absolute Gasteiger partial charge is 0.338 e. The fraction of sp³-hybridized carbons (Fsp3) is 0.417. The number of carbonyl (C=O) groups is 1. The first-order chi connectivity index (χ1) is 13.9. The first-order valence-corrected chi connectivity index (χ1v) is 10.1. The molecule has 2 atom stereocenters. The van der Waals surface area contributed by atoms with E-state index < -0.39 is 0 Å². The molecule has 152 valence electrons. The summed E-state index contributed by atoms with van der Waals surface area (Å²) in [4.78, 5) is 14.6. The first kappa shape index (κ1) is 20.7. The van der Waals surface area contributed by atoms with Gasteiger partial charge in [-0.3, -0.25) is 0 Å². The number of nitriles is 1. The standard InChI is InChI=1S/C24H29N3O2/c1-15-12-16(2)23(18(4)22(15)24(28)29-5)26-20-10-11-27(14-17(20)3)21-9-7-6-8-19(21)13-25/h6-9,12,17,20,26H,10-11,14H2,1-5H3/t17-,20+/m0/s1. The lowest BCUT2D eigenvalue weighted by atomic mass is 9.91. The number of piperidine rings is 1. The van der Waals surface area contributed by atoms with Gasteiger partial charge in [-0.25, -0.2) is 4.79 Å². The van der Waals surface area contributed by atoms with E-state index in [4.69, 9.17) is 4.74 Å². The maximum absolute atomic E-state index is 12.3. The van der Waals surface area contributed by atoms with E-state index in [0.717, 1.165) is 53.1 Å². The first-order valence-electron chi connectivity index (χ1n) is 10.1. The Bertz CT molecular complexity index is 961. The van der Waals surface area contributed by atoms with E-state index in [1.54, 1.807) is 0 Å². The SMILES string of the molecule is COC(=O)c1c(C)cc(C)c(N[C@@H]2CCN(c3ccccc3C#N)C[C@@H]2C)c1C. The second kappa shape index (κ2) is 8.57. The van der Waals surface area contributed by atoms with E-state index in [-0.39, 0.29) is 5.97 Å². The Labute approximate surface area is 173 Å². The van der Waals surface area contributed by atoms with Crippen molar-refractivity contribution in [3.63, 3.8) is 0 Å². The molecule has 0 amide bonds. The number of rotatable bonds is 4. The summed E-state index contributed by atoms with van der Waals surface area (Å²) in [5.74, 6) is 0.0937. The Hall–Kier alpha value is -3.00. The topological polar surface area (TPSA) is 65.4 Å². The Morgan fingerprint density at radius 3 is 2.62 bits per heavy atom. The number of esters is 1. The van der Waals surface area contributed by atoms with Gasteiger partial charge in [0.25, 0.3) is 0 Å². The molecule has 1 heterocycles. The van der Waals surface area contributed by atoms with Crippen LogP contribution in [-0.4, -0.2) is 32.2 Å². The third-order valence-corrected chi connectivity index (χ3v) is 5.96. The zero-order valence-electron chi connectivity index (χ0n) is 17.9. The quantitative estimate of drug-likeness (QED) is 0.772. The molecule has 0 unspecified atom stereocenters. The van der Waals surface area contributed by atoms with Crippen molar-refractivity contribution < 1.29 is 9.53 Å². The van der Waals surface area contributed by atoms with E-state index in [1.807, 2.05) is 44.2 Å². The van der Waals surface area contributed by atoms with Gasteiger partial charge < -0.3 is 15.0 Å². The van der Waals surface area contributed by atoms with Crippen LogP contribution in [0.4, 0.5) is 11.4 Å².